The molecule has 0 aliphatic carbocycles. The SMILES string of the molecule is N#Cc1c(CBr)cnc(C(F)F)c1N. The van der Waals surface area contributed by atoms with Crippen molar-refractivity contribution in [1.29, 1.82) is 5.26 Å². The highest BCUT2D eigenvalue weighted by Gasteiger charge is 2.18. The number of hydrogen-bond donors (Lipinski definition) is 1. The molecule has 0 amide bonds. The second-order valence-electron chi connectivity index (χ2n) is 2.50. The fourth-order valence-corrected chi connectivity index (χ4v) is 1.41. The Balaban J connectivity index is 3.37. The maximum absolute atomic E-state index is 12.3. The Labute approximate surface area is 87.7 Å². The molecule has 0 aliphatic rings. The molecule has 2 N–H and O–H groups in total. The molecule has 0 radical (unpaired) electrons. The summed E-state index contributed by atoms with van der Waals surface area (Å²) in [6.07, 6.45) is -1.53. The van der Waals surface area contributed by atoms with Crippen LogP contribution in [0.3, 0.4) is 0 Å². The van der Waals surface area contributed by atoms with Crippen LogP contribution in [0.15, 0.2) is 6.20 Å². The van der Waals surface area contributed by atoms with Crippen LogP contribution >= 0.6 is 15.9 Å². The maximum Gasteiger partial charge on any atom is 0.282 e. The summed E-state index contributed by atoms with van der Waals surface area (Å²) < 4.78 is 24.6. The smallest absolute Gasteiger partial charge is 0.282 e. The number of nitriles is 1. The van der Waals surface area contributed by atoms with Crippen LogP contribution < -0.4 is 5.73 Å². The van der Waals surface area contributed by atoms with Crippen molar-refractivity contribution in [3.63, 3.8) is 0 Å². The van der Waals surface area contributed by atoms with Crippen LogP contribution in [0.5, 0.6) is 0 Å². The highest BCUT2D eigenvalue weighted by molar-refractivity contribution is 9.08. The largest absolute Gasteiger partial charge is 0.396 e. The van der Waals surface area contributed by atoms with E-state index in [-0.39, 0.29) is 11.3 Å². The Kier molecular flexibility index (Phi) is 3.36. The van der Waals surface area contributed by atoms with Crippen LogP contribution in [-0.4, -0.2) is 4.98 Å². The Hall–Kier alpha value is -1.22. The van der Waals surface area contributed by atoms with Crippen LogP contribution in [0.1, 0.15) is 23.2 Å². The van der Waals surface area contributed by atoms with Crippen molar-refractivity contribution < 1.29 is 8.78 Å². The van der Waals surface area contributed by atoms with Gasteiger partial charge < -0.3 is 5.73 Å². The molecule has 0 aromatic carbocycles. The molecule has 6 heteroatoms. The van der Waals surface area contributed by atoms with E-state index in [0.717, 1.165) is 0 Å². The minimum absolute atomic E-state index is 0.0622. The van der Waals surface area contributed by atoms with E-state index in [1.54, 1.807) is 6.07 Å². The van der Waals surface area contributed by atoms with E-state index in [9.17, 15) is 8.78 Å². The van der Waals surface area contributed by atoms with E-state index in [4.69, 9.17) is 11.0 Å². The zero-order valence-corrected chi connectivity index (χ0v) is 8.55. The van der Waals surface area contributed by atoms with Crippen LogP contribution in [0.4, 0.5) is 14.5 Å². The third-order valence-electron chi connectivity index (χ3n) is 1.69. The molecule has 0 saturated heterocycles. The number of halogens is 3. The highest BCUT2D eigenvalue weighted by atomic mass is 79.9. The number of anilines is 1. The normalized spacial score (nSPS) is 10.2. The first-order chi connectivity index (χ1) is 6.61. The average Bonchev–Trinajstić information content (AvgIpc) is 2.16. The number of alkyl halides is 3. The molecule has 0 aliphatic heterocycles. The number of hydrogen-bond acceptors (Lipinski definition) is 3. The number of aromatic nitrogens is 1. The second kappa shape index (κ2) is 4.33. The van der Waals surface area contributed by atoms with E-state index in [0.29, 0.717) is 10.9 Å². The quantitative estimate of drug-likeness (QED) is 0.832. The molecular weight excluding hydrogens is 256 g/mol. The van der Waals surface area contributed by atoms with E-state index >= 15 is 0 Å². The summed E-state index contributed by atoms with van der Waals surface area (Å²) >= 11 is 3.11. The van der Waals surface area contributed by atoms with Gasteiger partial charge in [-0.05, 0) is 0 Å². The van der Waals surface area contributed by atoms with E-state index < -0.39 is 12.1 Å². The lowest BCUT2D eigenvalue weighted by Crippen LogP contribution is -2.04. The zero-order valence-electron chi connectivity index (χ0n) is 6.97. The number of nitrogens with two attached hydrogens (primary N) is 1. The summed E-state index contributed by atoms with van der Waals surface area (Å²) in [5.41, 5.74) is 5.18. The number of pyridine rings is 1. The first-order valence-electron chi connectivity index (χ1n) is 3.63. The van der Waals surface area contributed by atoms with Crippen LogP contribution in [-0.2, 0) is 5.33 Å². The molecule has 14 heavy (non-hydrogen) atoms. The van der Waals surface area contributed by atoms with E-state index in [1.165, 1.54) is 6.20 Å². The van der Waals surface area contributed by atoms with E-state index in [2.05, 4.69) is 20.9 Å². The van der Waals surface area contributed by atoms with Gasteiger partial charge in [-0.2, -0.15) is 5.26 Å². The van der Waals surface area contributed by atoms with Gasteiger partial charge in [-0.1, -0.05) is 15.9 Å². The molecule has 0 fully saturated rings. The molecule has 0 atom stereocenters. The van der Waals surface area contributed by atoms with Crippen LogP contribution in [0.25, 0.3) is 0 Å². The van der Waals surface area contributed by atoms with Gasteiger partial charge in [0.15, 0.2) is 0 Å². The fourth-order valence-electron chi connectivity index (χ4n) is 0.990. The van der Waals surface area contributed by atoms with Crippen LogP contribution in [0, 0.1) is 11.3 Å². The second-order valence-corrected chi connectivity index (χ2v) is 3.06. The summed E-state index contributed by atoms with van der Waals surface area (Å²) in [7, 11) is 0. The van der Waals surface area contributed by atoms with Crippen molar-refractivity contribution in [3.05, 3.63) is 23.0 Å². The van der Waals surface area contributed by atoms with Crippen molar-refractivity contribution >= 4 is 21.6 Å². The predicted octanol–water partition coefficient (Wildman–Crippen LogP) is 2.37. The molecule has 74 valence electrons. The minimum Gasteiger partial charge on any atom is -0.396 e. The lowest BCUT2D eigenvalue weighted by molar-refractivity contribution is 0.147. The first-order valence-corrected chi connectivity index (χ1v) is 4.75. The summed E-state index contributed by atoms with van der Waals surface area (Å²) in [5, 5.41) is 9.07. The fraction of sp³-hybridized carbons (Fsp3) is 0.250. The molecule has 1 rings (SSSR count). The van der Waals surface area contributed by atoms with Gasteiger partial charge in [0.05, 0.1) is 11.3 Å². The molecule has 1 aromatic rings. The van der Waals surface area contributed by atoms with Gasteiger partial charge >= 0.3 is 0 Å². The van der Waals surface area contributed by atoms with Crippen molar-refractivity contribution in [3.8, 4) is 6.07 Å². The Morgan fingerprint density at radius 1 is 1.64 bits per heavy atom. The topological polar surface area (TPSA) is 62.7 Å². The average molecular weight is 262 g/mol. The lowest BCUT2D eigenvalue weighted by Gasteiger charge is -2.07. The Bertz CT molecular complexity index is 387. The molecule has 0 bridgehead atoms. The first kappa shape index (κ1) is 10.9. The molecule has 1 heterocycles. The molecule has 0 saturated carbocycles. The monoisotopic (exact) mass is 261 g/mol. The molecule has 1 aromatic heterocycles. The van der Waals surface area contributed by atoms with Gasteiger partial charge in [0.2, 0.25) is 0 Å². The maximum atomic E-state index is 12.3. The summed E-state index contributed by atoms with van der Waals surface area (Å²) in [4.78, 5) is 3.50. The van der Waals surface area contributed by atoms with Gasteiger partial charge in [0.1, 0.15) is 11.8 Å². The molecule has 0 spiro atoms. The van der Waals surface area contributed by atoms with Gasteiger partial charge in [-0.15, -0.1) is 0 Å². The molecule has 3 nitrogen and oxygen atoms in total. The minimum atomic E-state index is -2.76. The highest BCUT2D eigenvalue weighted by Crippen LogP contribution is 2.27. The Morgan fingerprint density at radius 3 is 2.71 bits per heavy atom. The van der Waals surface area contributed by atoms with Crippen LogP contribution in [0.2, 0.25) is 0 Å². The number of nitrogen functional groups attached to an aromatic ring is 1. The van der Waals surface area contributed by atoms with Gasteiger partial charge in [0.25, 0.3) is 6.43 Å². The van der Waals surface area contributed by atoms with Crippen molar-refractivity contribution in [1.82, 2.24) is 4.98 Å². The summed E-state index contributed by atoms with van der Waals surface area (Å²) in [6, 6.07) is 1.78. The van der Waals surface area contributed by atoms with Gasteiger partial charge in [0, 0.05) is 17.1 Å². The third kappa shape index (κ3) is 1.82. The number of rotatable bonds is 2. The Morgan fingerprint density at radius 2 is 2.29 bits per heavy atom. The third-order valence-corrected chi connectivity index (χ3v) is 2.29. The summed E-state index contributed by atoms with van der Waals surface area (Å²) in [6.45, 7) is 0. The van der Waals surface area contributed by atoms with Gasteiger partial charge in [-0.3, -0.25) is 4.98 Å². The lowest BCUT2D eigenvalue weighted by atomic mass is 10.1. The standard InChI is InChI=1S/C8H6BrF2N3/c9-1-4-3-14-7(8(10)11)6(13)5(4)2-12/h3,8H,1,13H2. The van der Waals surface area contributed by atoms with E-state index in [1.807, 2.05) is 0 Å². The zero-order chi connectivity index (χ0) is 10.7. The van der Waals surface area contributed by atoms with Crippen molar-refractivity contribution in [2.45, 2.75) is 11.8 Å². The predicted molar refractivity (Wildman–Crippen MR) is 51.0 cm³/mol. The summed E-state index contributed by atoms with van der Waals surface area (Å²) in [5.74, 6) is 0. The molecule has 0 unspecified atom stereocenters. The van der Waals surface area contributed by atoms with Gasteiger partial charge in [-0.25, -0.2) is 8.78 Å². The van der Waals surface area contributed by atoms with Crippen molar-refractivity contribution in [2.75, 3.05) is 5.73 Å². The number of nitrogens with zero attached hydrogens (tertiary/aromatic N) is 2. The molecular formula is C8H6BrF2N3. The van der Waals surface area contributed by atoms with Crippen molar-refractivity contribution in [2.24, 2.45) is 0 Å².